The average molecular weight is 334 g/mol. The van der Waals surface area contributed by atoms with E-state index in [-0.39, 0.29) is 12.3 Å². The van der Waals surface area contributed by atoms with E-state index >= 15 is 0 Å². The predicted octanol–water partition coefficient (Wildman–Crippen LogP) is 3.32. The summed E-state index contributed by atoms with van der Waals surface area (Å²) in [4.78, 5) is 23.7. The number of carbonyl (C=O) groups excluding carboxylic acids is 2. The molecule has 0 bridgehead atoms. The smallest absolute Gasteiger partial charge is 0.337 e. The van der Waals surface area contributed by atoms with Gasteiger partial charge in [0.05, 0.1) is 36.9 Å². The number of amides is 1. The van der Waals surface area contributed by atoms with E-state index in [1.807, 2.05) is 12.1 Å². The van der Waals surface area contributed by atoms with Crippen LogP contribution in [0.25, 0.3) is 0 Å². The van der Waals surface area contributed by atoms with Crippen LogP contribution in [0.4, 0.5) is 5.69 Å². The monoisotopic (exact) mass is 333 g/mol. The summed E-state index contributed by atoms with van der Waals surface area (Å²) in [6.45, 7) is 0. The third-order valence-electron chi connectivity index (χ3n) is 3.16. The molecule has 2 aromatic carbocycles. The number of benzene rings is 2. The molecule has 0 radical (unpaired) electrons. The number of halogens is 1. The maximum Gasteiger partial charge on any atom is 0.337 e. The lowest BCUT2D eigenvalue weighted by Gasteiger charge is -2.09. The van der Waals surface area contributed by atoms with Gasteiger partial charge in [0.25, 0.3) is 0 Å². The average Bonchev–Trinajstić information content (AvgIpc) is 2.56. The lowest BCUT2D eigenvalue weighted by molar-refractivity contribution is -0.115. The van der Waals surface area contributed by atoms with Gasteiger partial charge in [0, 0.05) is 0 Å². The minimum atomic E-state index is -0.495. The second kappa shape index (κ2) is 7.65. The summed E-state index contributed by atoms with van der Waals surface area (Å²) in [5.41, 5.74) is 1.48. The zero-order valence-electron chi connectivity index (χ0n) is 12.8. The van der Waals surface area contributed by atoms with Crippen molar-refractivity contribution in [1.29, 1.82) is 0 Å². The molecular formula is C17H16ClNO4. The third-order valence-corrected chi connectivity index (χ3v) is 3.49. The van der Waals surface area contributed by atoms with Gasteiger partial charge < -0.3 is 14.8 Å². The highest BCUT2D eigenvalue weighted by molar-refractivity contribution is 6.33. The summed E-state index contributed by atoms with van der Waals surface area (Å²) in [5.74, 6) is -0.0619. The molecule has 0 aromatic heterocycles. The summed E-state index contributed by atoms with van der Waals surface area (Å²) < 4.78 is 9.77. The van der Waals surface area contributed by atoms with Crippen molar-refractivity contribution in [3.63, 3.8) is 0 Å². The molecule has 6 heteroatoms. The Hall–Kier alpha value is -2.53. The maximum atomic E-state index is 12.2. The van der Waals surface area contributed by atoms with Crippen LogP contribution in [0.1, 0.15) is 15.9 Å². The molecule has 2 rings (SSSR count). The van der Waals surface area contributed by atoms with Gasteiger partial charge in [-0.25, -0.2) is 4.79 Å². The normalized spacial score (nSPS) is 10.0. The number of nitrogens with one attached hydrogen (secondary N) is 1. The van der Waals surface area contributed by atoms with Gasteiger partial charge in [0.15, 0.2) is 0 Å². The molecule has 0 aliphatic rings. The summed E-state index contributed by atoms with van der Waals surface area (Å²) in [6, 6.07) is 11.8. The molecule has 0 spiro atoms. The quantitative estimate of drug-likeness (QED) is 0.852. The molecule has 120 valence electrons. The van der Waals surface area contributed by atoms with Crippen LogP contribution in [0.2, 0.25) is 5.02 Å². The Labute approximate surface area is 139 Å². The fourth-order valence-corrected chi connectivity index (χ4v) is 2.19. The molecule has 23 heavy (non-hydrogen) atoms. The van der Waals surface area contributed by atoms with E-state index in [9.17, 15) is 9.59 Å². The first-order valence-corrected chi connectivity index (χ1v) is 7.22. The first-order chi connectivity index (χ1) is 11.0. The van der Waals surface area contributed by atoms with Crippen LogP contribution in [-0.2, 0) is 16.0 Å². The first-order valence-electron chi connectivity index (χ1n) is 6.84. The van der Waals surface area contributed by atoms with Crippen molar-refractivity contribution in [2.75, 3.05) is 19.5 Å². The van der Waals surface area contributed by atoms with Gasteiger partial charge in [-0.3, -0.25) is 4.79 Å². The van der Waals surface area contributed by atoms with Gasteiger partial charge >= 0.3 is 5.97 Å². The second-order valence-corrected chi connectivity index (χ2v) is 5.17. The fraction of sp³-hybridized carbons (Fsp3) is 0.176. The van der Waals surface area contributed by atoms with Crippen LogP contribution in [0, 0.1) is 0 Å². The molecule has 0 aliphatic heterocycles. The summed E-state index contributed by atoms with van der Waals surface area (Å²) >= 11 is 6.05. The van der Waals surface area contributed by atoms with Crippen LogP contribution >= 0.6 is 11.6 Å². The van der Waals surface area contributed by atoms with Gasteiger partial charge in [-0.15, -0.1) is 0 Å². The van der Waals surface area contributed by atoms with Crippen molar-refractivity contribution in [2.24, 2.45) is 0 Å². The largest absolute Gasteiger partial charge is 0.497 e. The Morgan fingerprint density at radius 3 is 2.61 bits per heavy atom. The lowest BCUT2D eigenvalue weighted by Crippen LogP contribution is -2.15. The van der Waals surface area contributed by atoms with Crippen molar-refractivity contribution >= 4 is 29.2 Å². The molecule has 0 atom stereocenters. The zero-order valence-corrected chi connectivity index (χ0v) is 13.5. The minimum Gasteiger partial charge on any atom is -0.497 e. The number of ether oxygens (including phenoxy) is 2. The van der Waals surface area contributed by atoms with Crippen LogP contribution in [-0.4, -0.2) is 26.1 Å². The SMILES string of the molecule is COC(=O)c1ccc(Cl)c(NC(=O)Cc2cccc(OC)c2)c1. The molecular weight excluding hydrogens is 318 g/mol. The zero-order chi connectivity index (χ0) is 16.8. The molecule has 0 saturated carbocycles. The van der Waals surface area contributed by atoms with Crippen LogP contribution in [0.15, 0.2) is 42.5 Å². The van der Waals surface area contributed by atoms with E-state index in [4.69, 9.17) is 16.3 Å². The number of esters is 1. The van der Waals surface area contributed by atoms with Gasteiger partial charge in [0.1, 0.15) is 5.75 Å². The molecule has 0 heterocycles. The van der Waals surface area contributed by atoms with Gasteiger partial charge in [-0.2, -0.15) is 0 Å². The molecule has 0 fully saturated rings. The summed E-state index contributed by atoms with van der Waals surface area (Å²) in [6.07, 6.45) is 0.163. The van der Waals surface area contributed by atoms with E-state index < -0.39 is 5.97 Å². The highest BCUT2D eigenvalue weighted by Gasteiger charge is 2.12. The maximum absolute atomic E-state index is 12.2. The Kier molecular flexibility index (Phi) is 5.60. The van der Waals surface area contributed by atoms with E-state index in [1.165, 1.54) is 25.3 Å². The number of methoxy groups -OCH3 is 2. The molecule has 0 aliphatic carbocycles. The molecule has 1 N–H and O–H groups in total. The molecule has 0 unspecified atom stereocenters. The van der Waals surface area contributed by atoms with Gasteiger partial charge in [0.2, 0.25) is 5.91 Å². The van der Waals surface area contributed by atoms with Crippen LogP contribution in [0.5, 0.6) is 5.75 Å². The Morgan fingerprint density at radius 2 is 1.91 bits per heavy atom. The van der Waals surface area contributed by atoms with Crippen molar-refractivity contribution in [3.05, 3.63) is 58.6 Å². The number of hydrogen-bond donors (Lipinski definition) is 1. The van der Waals surface area contributed by atoms with E-state index in [2.05, 4.69) is 10.1 Å². The Balaban J connectivity index is 2.11. The topological polar surface area (TPSA) is 64.6 Å². The van der Waals surface area contributed by atoms with Gasteiger partial charge in [-0.1, -0.05) is 23.7 Å². The second-order valence-electron chi connectivity index (χ2n) is 4.76. The van der Waals surface area contributed by atoms with Crippen molar-refractivity contribution in [3.8, 4) is 5.75 Å². The third kappa shape index (κ3) is 4.47. The summed E-state index contributed by atoms with van der Waals surface area (Å²) in [7, 11) is 2.86. The lowest BCUT2D eigenvalue weighted by atomic mass is 10.1. The number of rotatable bonds is 5. The highest BCUT2D eigenvalue weighted by Crippen LogP contribution is 2.24. The number of anilines is 1. The van der Waals surface area contributed by atoms with Crippen molar-refractivity contribution in [2.45, 2.75) is 6.42 Å². The molecule has 5 nitrogen and oxygen atoms in total. The molecule has 1 amide bonds. The van der Waals surface area contributed by atoms with Crippen LogP contribution in [0.3, 0.4) is 0 Å². The number of hydrogen-bond acceptors (Lipinski definition) is 4. The highest BCUT2D eigenvalue weighted by atomic mass is 35.5. The minimum absolute atomic E-state index is 0.163. The van der Waals surface area contributed by atoms with E-state index in [0.29, 0.717) is 22.0 Å². The standard InChI is InChI=1S/C17H16ClNO4/c1-22-13-5-3-4-11(8-13)9-16(20)19-15-10-12(17(21)23-2)6-7-14(15)18/h3-8,10H,9H2,1-2H3,(H,19,20). The Morgan fingerprint density at radius 1 is 1.13 bits per heavy atom. The summed E-state index contributed by atoms with van der Waals surface area (Å²) in [5, 5.41) is 3.04. The molecule has 2 aromatic rings. The van der Waals surface area contributed by atoms with E-state index in [1.54, 1.807) is 19.2 Å². The predicted molar refractivity (Wildman–Crippen MR) is 88.1 cm³/mol. The first kappa shape index (κ1) is 16.8. The molecule has 0 saturated heterocycles. The number of carbonyl (C=O) groups is 2. The van der Waals surface area contributed by atoms with Crippen LogP contribution < -0.4 is 10.1 Å². The Bertz CT molecular complexity index is 730. The van der Waals surface area contributed by atoms with Crippen molar-refractivity contribution in [1.82, 2.24) is 0 Å². The van der Waals surface area contributed by atoms with E-state index in [0.717, 1.165) is 5.56 Å². The fourth-order valence-electron chi connectivity index (χ4n) is 2.03. The van der Waals surface area contributed by atoms with Crippen molar-refractivity contribution < 1.29 is 19.1 Å². The van der Waals surface area contributed by atoms with Gasteiger partial charge in [-0.05, 0) is 35.9 Å².